The van der Waals surface area contributed by atoms with Gasteiger partial charge in [-0.05, 0) is 142 Å². The van der Waals surface area contributed by atoms with Crippen molar-refractivity contribution in [3.63, 3.8) is 0 Å². The van der Waals surface area contributed by atoms with Crippen LogP contribution in [0.2, 0.25) is 0 Å². The number of benzene rings is 5. The molecule has 6 rings (SSSR count). The van der Waals surface area contributed by atoms with E-state index >= 15 is 0 Å². The normalized spacial score (nSPS) is 11.4. The van der Waals surface area contributed by atoms with Crippen LogP contribution in [-0.2, 0) is 13.2 Å². The number of hydrogen-bond acceptors (Lipinski definition) is 6. The first-order valence-corrected chi connectivity index (χ1v) is 19.4. The Labute approximate surface area is 341 Å². The van der Waals surface area contributed by atoms with Gasteiger partial charge in [0.05, 0.1) is 29.2 Å². The molecule has 11 heteroatoms. The number of allylic oxidation sites excluding steroid dienone is 1. The lowest BCUT2D eigenvalue weighted by Gasteiger charge is -2.12. The molecule has 0 aliphatic heterocycles. The molecule has 262 valence electrons. The highest BCUT2D eigenvalue weighted by atomic mass is 79.9. The maximum Gasteiger partial charge on any atom is 0.174 e. The quantitative estimate of drug-likeness (QED) is 0.0952. The van der Waals surface area contributed by atoms with E-state index in [1.165, 1.54) is 11.1 Å². The van der Waals surface area contributed by atoms with Crippen molar-refractivity contribution in [3.05, 3.63) is 166 Å². The predicted octanol–water partition coefficient (Wildman–Crippen LogP) is 12.4. The number of aliphatic imine (C=N–C) groups is 1. The van der Waals surface area contributed by atoms with Gasteiger partial charge in [0.1, 0.15) is 48.1 Å². The summed E-state index contributed by atoms with van der Waals surface area (Å²) in [5.41, 5.74) is 7.15. The fourth-order valence-corrected chi connectivity index (χ4v) is 8.20. The Bertz CT molecular complexity index is 2380. The van der Waals surface area contributed by atoms with Crippen LogP contribution in [0.4, 0.5) is 5.82 Å². The fourth-order valence-electron chi connectivity index (χ4n) is 5.30. The maximum atomic E-state index is 10.5. The van der Waals surface area contributed by atoms with Crippen LogP contribution in [0.15, 0.2) is 126 Å². The fraction of sp³-hybridized carbons (Fsp3) is 0.0952. The van der Waals surface area contributed by atoms with Crippen molar-refractivity contribution in [1.29, 1.82) is 10.5 Å². The van der Waals surface area contributed by atoms with Gasteiger partial charge in [-0.15, -0.1) is 0 Å². The zero-order valence-electron chi connectivity index (χ0n) is 28.4. The Morgan fingerprint density at radius 3 is 1.68 bits per heavy atom. The second-order valence-electron chi connectivity index (χ2n) is 12.0. The molecule has 6 aromatic rings. The Morgan fingerprint density at radius 2 is 1.21 bits per heavy atom. The van der Waals surface area contributed by atoms with Crippen LogP contribution < -0.4 is 9.47 Å². The second kappa shape index (κ2) is 17.4. The van der Waals surface area contributed by atoms with Gasteiger partial charge in [-0.1, -0.05) is 77.9 Å². The lowest BCUT2D eigenvalue weighted by atomic mass is 10.1. The Balaban J connectivity index is 1.32. The number of para-hydroxylation sites is 1. The van der Waals surface area contributed by atoms with E-state index in [1.807, 2.05) is 105 Å². The van der Waals surface area contributed by atoms with Gasteiger partial charge in [0.2, 0.25) is 0 Å². The van der Waals surface area contributed by atoms with Crippen molar-refractivity contribution in [2.75, 3.05) is 0 Å². The zero-order chi connectivity index (χ0) is 37.5. The first-order chi connectivity index (χ1) is 25.6. The molecule has 0 saturated carbocycles. The number of hydrogen-bond donors (Lipinski definition) is 0. The standard InChI is InChI=1S/C42H29Br4N5O2/c1-26-8-12-28(13-9-26)24-52-40-35(43)17-30(18-36(40)44)16-32(21-47)39-34(22-48)42(51(50-39)33-6-4-3-5-7-33)49-23-31-19-37(45)41(38(46)20-31)53-25-29-14-10-27(2)11-15-29/h3-20,23H,24-25H2,1-2H3/b32-16+,49-23?. The summed E-state index contributed by atoms with van der Waals surface area (Å²) in [5.74, 6) is 1.57. The monoisotopic (exact) mass is 951 g/mol. The molecule has 0 radical (unpaired) electrons. The van der Waals surface area contributed by atoms with Crippen molar-refractivity contribution in [2.24, 2.45) is 4.99 Å². The lowest BCUT2D eigenvalue weighted by molar-refractivity contribution is 0.302. The summed E-state index contributed by atoms with van der Waals surface area (Å²) in [4.78, 5) is 4.77. The summed E-state index contributed by atoms with van der Waals surface area (Å²) in [7, 11) is 0. The number of halogens is 4. The van der Waals surface area contributed by atoms with Gasteiger partial charge in [-0.3, -0.25) is 0 Å². The average Bonchev–Trinajstić information content (AvgIpc) is 3.52. The van der Waals surface area contributed by atoms with E-state index in [2.05, 4.69) is 88.0 Å². The van der Waals surface area contributed by atoms with Crippen molar-refractivity contribution >= 4 is 87.4 Å². The van der Waals surface area contributed by atoms with Gasteiger partial charge in [0.25, 0.3) is 0 Å². The summed E-state index contributed by atoms with van der Waals surface area (Å²) in [6, 6.07) is 37.7. The van der Waals surface area contributed by atoms with E-state index in [4.69, 9.17) is 19.6 Å². The van der Waals surface area contributed by atoms with Crippen LogP contribution in [0.3, 0.4) is 0 Å². The van der Waals surface area contributed by atoms with E-state index in [0.717, 1.165) is 25.6 Å². The highest BCUT2D eigenvalue weighted by molar-refractivity contribution is 9.11. The molecule has 0 fully saturated rings. The highest BCUT2D eigenvalue weighted by Gasteiger charge is 2.22. The minimum Gasteiger partial charge on any atom is -0.487 e. The lowest BCUT2D eigenvalue weighted by Crippen LogP contribution is -1.98. The first-order valence-electron chi connectivity index (χ1n) is 16.2. The molecule has 1 heterocycles. The third-order valence-corrected chi connectivity index (χ3v) is 10.4. The van der Waals surface area contributed by atoms with E-state index in [-0.39, 0.29) is 22.6 Å². The maximum absolute atomic E-state index is 10.5. The summed E-state index contributed by atoms with van der Waals surface area (Å²) in [6.07, 6.45) is 3.34. The average molecular weight is 955 g/mol. The molecule has 0 unspecified atom stereocenters. The SMILES string of the molecule is Cc1ccc(COc2c(Br)cc(C=Nc3c(C#N)c(/C(C#N)=C/c4cc(Br)c(OCc5ccc(C)cc5)c(Br)c4)nn3-c3ccccc3)cc2Br)cc1. The molecule has 0 bridgehead atoms. The molecule has 0 saturated heterocycles. The molecule has 0 aliphatic carbocycles. The molecule has 7 nitrogen and oxygen atoms in total. The number of ether oxygens (including phenoxy) is 2. The minimum atomic E-state index is 0.158. The smallest absolute Gasteiger partial charge is 0.174 e. The Kier molecular flexibility index (Phi) is 12.4. The molecular weight excluding hydrogens is 926 g/mol. The summed E-state index contributed by atoms with van der Waals surface area (Å²) >= 11 is 14.6. The van der Waals surface area contributed by atoms with Gasteiger partial charge in [0.15, 0.2) is 5.82 Å². The molecular formula is C42H29Br4N5O2. The van der Waals surface area contributed by atoms with E-state index < -0.39 is 0 Å². The predicted molar refractivity (Wildman–Crippen MR) is 224 cm³/mol. The van der Waals surface area contributed by atoms with Crippen LogP contribution in [-0.4, -0.2) is 16.0 Å². The van der Waals surface area contributed by atoms with E-state index in [0.29, 0.717) is 44.9 Å². The van der Waals surface area contributed by atoms with Crippen molar-refractivity contribution in [1.82, 2.24) is 9.78 Å². The molecule has 0 amide bonds. The molecule has 53 heavy (non-hydrogen) atoms. The van der Waals surface area contributed by atoms with Gasteiger partial charge >= 0.3 is 0 Å². The number of nitriles is 2. The van der Waals surface area contributed by atoms with Crippen LogP contribution in [0.1, 0.15) is 44.6 Å². The number of aromatic nitrogens is 2. The third kappa shape index (κ3) is 9.24. The Morgan fingerprint density at radius 1 is 0.717 bits per heavy atom. The van der Waals surface area contributed by atoms with Crippen molar-refractivity contribution in [2.45, 2.75) is 27.1 Å². The third-order valence-electron chi connectivity index (χ3n) is 8.04. The van der Waals surface area contributed by atoms with Crippen LogP contribution >= 0.6 is 63.7 Å². The summed E-state index contributed by atoms with van der Waals surface area (Å²) in [5, 5.41) is 25.6. The van der Waals surface area contributed by atoms with Crippen LogP contribution in [0.5, 0.6) is 11.5 Å². The molecule has 0 aliphatic rings. The number of aryl methyl sites for hydroxylation is 2. The summed E-state index contributed by atoms with van der Waals surface area (Å²) in [6.45, 7) is 4.89. The Hall–Kier alpha value is -4.78. The zero-order valence-corrected chi connectivity index (χ0v) is 34.8. The molecule has 0 spiro atoms. The van der Waals surface area contributed by atoms with Crippen molar-refractivity contribution < 1.29 is 9.47 Å². The molecule has 5 aromatic carbocycles. The largest absolute Gasteiger partial charge is 0.487 e. The van der Waals surface area contributed by atoms with Gasteiger partial charge in [-0.2, -0.15) is 15.6 Å². The summed E-state index contributed by atoms with van der Waals surface area (Å²) < 4.78 is 16.7. The number of nitrogens with zero attached hydrogens (tertiary/aromatic N) is 5. The molecule has 0 N–H and O–H groups in total. The number of rotatable bonds is 11. The topological polar surface area (TPSA) is 96.2 Å². The van der Waals surface area contributed by atoms with Gasteiger partial charge < -0.3 is 9.47 Å². The minimum absolute atomic E-state index is 0.158. The van der Waals surface area contributed by atoms with E-state index in [9.17, 15) is 10.5 Å². The highest BCUT2D eigenvalue weighted by Crippen LogP contribution is 2.38. The van der Waals surface area contributed by atoms with Crippen LogP contribution in [0.25, 0.3) is 17.3 Å². The van der Waals surface area contributed by atoms with Gasteiger partial charge in [-0.25, -0.2) is 9.67 Å². The second-order valence-corrected chi connectivity index (χ2v) is 15.4. The van der Waals surface area contributed by atoms with Gasteiger partial charge in [0, 0.05) is 6.21 Å². The van der Waals surface area contributed by atoms with Crippen LogP contribution in [0, 0.1) is 36.5 Å². The van der Waals surface area contributed by atoms with E-state index in [1.54, 1.807) is 17.0 Å². The van der Waals surface area contributed by atoms with Crippen molar-refractivity contribution in [3.8, 4) is 29.3 Å². The molecule has 1 aromatic heterocycles. The molecule has 0 atom stereocenters. The first kappa shape index (κ1) is 38.0.